The Hall–Kier alpha value is -3.29. The summed E-state index contributed by atoms with van der Waals surface area (Å²) in [5.74, 6) is -0.113. The molecule has 164 valence electrons. The molecule has 1 saturated carbocycles. The number of ketones is 1. The lowest BCUT2D eigenvalue weighted by molar-refractivity contribution is 0.0258. The molecule has 7 nitrogen and oxygen atoms in total. The minimum absolute atomic E-state index is 0.0336. The fourth-order valence-electron chi connectivity index (χ4n) is 4.20. The van der Waals surface area contributed by atoms with Crippen LogP contribution in [-0.2, 0) is 4.74 Å². The van der Waals surface area contributed by atoms with Crippen LogP contribution in [0, 0.1) is 0 Å². The van der Waals surface area contributed by atoms with Crippen molar-refractivity contribution in [3.05, 3.63) is 64.4 Å². The van der Waals surface area contributed by atoms with Crippen LogP contribution >= 0.6 is 11.6 Å². The van der Waals surface area contributed by atoms with Crippen LogP contribution in [0.1, 0.15) is 40.4 Å². The second-order valence-corrected chi connectivity index (χ2v) is 8.34. The molecule has 0 bridgehead atoms. The van der Waals surface area contributed by atoms with Gasteiger partial charge in [-0.15, -0.1) is 0 Å². The second kappa shape index (κ2) is 8.00. The number of ether oxygens (including phenoxy) is 2. The van der Waals surface area contributed by atoms with Crippen molar-refractivity contribution >= 4 is 28.3 Å². The van der Waals surface area contributed by atoms with Gasteiger partial charge in [0.1, 0.15) is 0 Å². The molecular formula is C24H21ClN2O5. The molecular weight excluding hydrogens is 432 g/mol. The summed E-state index contributed by atoms with van der Waals surface area (Å²) in [6, 6.07) is 13.1. The number of aromatic hydroxyl groups is 1. The zero-order valence-electron chi connectivity index (χ0n) is 17.5. The van der Waals surface area contributed by atoms with E-state index in [-0.39, 0.29) is 23.1 Å². The van der Waals surface area contributed by atoms with Crippen molar-refractivity contribution in [2.45, 2.75) is 24.9 Å². The van der Waals surface area contributed by atoms with Gasteiger partial charge in [-0.1, -0.05) is 35.9 Å². The number of carbonyl (C=O) groups excluding carboxylic acids is 1. The number of H-pyrrole nitrogens is 1. The first-order valence-electron chi connectivity index (χ1n) is 10.2. The third kappa shape index (κ3) is 3.43. The third-order valence-corrected chi connectivity index (χ3v) is 6.45. The maximum Gasteiger partial charge on any atom is 0.254 e. The average Bonchev–Trinajstić information content (AvgIpc) is 3.36. The zero-order valence-corrected chi connectivity index (χ0v) is 18.3. The van der Waals surface area contributed by atoms with Crippen LogP contribution in [0.3, 0.4) is 0 Å². The van der Waals surface area contributed by atoms with Gasteiger partial charge in [0, 0.05) is 18.1 Å². The van der Waals surface area contributed by atoms with E-state index in [1.165, 1.54) is 18.7 Å². The van der Waals surface area contributed by atoms with Crippen LogP contribution in [0.4, 0.5) is 0 Å². The first-order valence-corrected chi connectivity index (χ1v) is 10.6. The van der Waals surface area contributed by atoms with E-state index in [0.717, 1.165) is 24.0 Å². The molecule has 1 aliphatic rings. The van der Waals surface area contributed by atoms with Gasteiger partial charge in [0.2, 0.25) is 17.4 Å². The maximum absolute atomic E-state index is 13.0. The van der Waals surface area contributed by atoms with Crippen LogP contribution in [0.5, 0.6) is 11.8 Å². The summed E-state index contributed by atoms with van der Waals surface area (Å²) in [4.78, 5) is 15.8. The monoisotopic (exact) mass is 452 g/mol. The van der Waals surface area contributed by atoms with Crippen molar-refractivity contribution in [1.29, 1.82) is 0 Å². The minimum Gasteiger partial charge on any atom is -0.494 e. The Bertz CT molecular complexity index is 1300. The first-order chi connectivity index (χ1) is 15.5. The summed E-state index contributed by atoms with van der Waals surface area (Å²) in [7, 11) is 3.18. The predicted octanol–water partition coefficient (Wildman–Crippen LogP) is 5.31. The maximum atomic E-state index is 13.0. The van der Waals surface area contributed by atoms with Gasteiger partial charge in [0.25, 0.3) is 5.88 Å². The van der Waals surface area contributed by atoms with Gasteiger partial charge >= 0.3 is 0 Å². The van der Waals surface area contributed by atoms with Gasteiger partial charge in [-0.05, 0) is 47.2 Å². The third-order valence-electron chi connectivity index (χ3n) is 6.14. The number of nitrogens with one attached hydrogen (secondary N) is 1. The molecule has 0 radical (unpaired) electrons. The standard InChI is InChI=1S/C24H21ClN2O5/c1-30-15-7-14(8-15)12-3-5-13(6-4-12)16-9-17-19(10-18(16)25)26-24(29)22(17)23(28)20-11-21(31-2)27-32-20/h3-6,9-11,14-15,26,29H,7-8H2,1-2H3. The molecule has 0 saturated heterocycles. The molecule has 0 atom stereocenters. The van der Waals surface area contributed by atoms with Gasteiger partial charge in [-0.25, -0.2) is 0 Å². The number of methoxy groups -OCH3 is 2. The Balaban J connectivity index is 1.51. The van der Waals surface area contributed by atoms with Crippen molar-refractivity contribution in [2.75, 3.05) is 14.2 Å². The molecule has 2 aromatic carbocycles. The number of fused-ring (bicyclic) bond motifs is 1. The number of aromatic nitrogens is 2. The Morgan fingerprint density at radius 1 is 1.19 bits per heavy atom. The Morgan fingerprint density at radius 3 is 2.59 bits per heavy atom. The number of carbonyl (C=O) groups is 1. The van der Waals surface area contributed by atoms with Crippen LogP contribution < -0.4 is 4.74 Å². The molecule has 32 heavy (non-hydrogen) atoms. The Labute approximate surface area is 188 Å². The lowest BCUT2D eigenvalue weighted by Crippen LogP contribution is -2.28. The van der Waals surface area contributed by atoms with E-state index < -0.39 is 5.78 Å². The topological polar surface area (TPSA) is 97.6 Å². The number of benzene rings is 2. The number of aromatic amines is 1. The highest BCUT2D eigenvalue weighted by Gasteiger charge is 2.30. The van der Waals surface area contributed by atoms with E-state index >= 15 is 0 Å². The van der Waals surface area contributed by atoms with E-state index in [0.29, 0.717) is 27.9 Å². The molecule has 0 spiro atoms. The van der Waals surface area contributed by atoms with Crippen molar-refractivity contribution in [3.8, 4) is 22.9 Å². The van der Waals surface area contributed by atoms with Crippen molar-refractivity contribution in [2.24, 2.45) is 0 Å². The fourth-order valence-corrected chi connectivity index (χ4v) is 4.48. The summed E-state index contributed by atoms with van der Waals surface area (Å²) in [6.45, 7) is 0. The number of hydrogen-bond acceptors (Lipinski definition) is 6. The highest BCUT2D eigenvalue weighted by atomic mass is 35.5. The molecule has 5 rings (SSSR count). The van der Waals surface area contributed by atoms with Crippen LogP contribution in [0.15, 0.2) is 47.0 Å². The smallest absolute Gasteiger partial charge is 0.254 e. The van der Waals surface area contributed by atoms with E-state index in [4.69, 9.17) is 25.6 Å². The van der Waals surface area contributed by atoms with Crippen molar-refractivity contribution in [3.63, 3.8) is 0 Å². The lowest BCUT2D eigenvalue weighted by Gasteiger charge is -2.34. The second-order valence-electron chi connectivity index (χ2n) is 7.94. The Kier molecular flexibility index (Phi) is 5.15. The van der Waals surface area contributed by atoms with Crippen LogP contribution in [-0.4, -0.2) is 41.4 Å². The lowest BCUT2D eigenvalue weighted by atomic mass is 9.77. The molecule has 2 N–H and O–H groups in total. The molecule has 2 heterocycles. The van der Waals surface area contributed by atoms with E-state index in [2.05, 4.69) is 22.3 Å². The molecule has 0 aliphatic heterocycles. The van der Waals surface area contributed by atoms with Crippen LogP contribution in [0.25, 0.3) is 22.0 Å². The summed E-state index contributed by atoms with van der Waals surface area (Å²) in [5.41, 5.74) is 3.59. The highest BCUT2D eigenvalue weighted by molar-refractivity contribution is 6.34. The van der Waals surface area contributed by atoms with Gasteiger partial charge < -0.3 is 24.1 Å². The molecule has 1 aliphatic carbocycles. The van der Waals surface area contributed by atoms with Gasteiger partial charge in [0.05, 0.1) is 35.4 Å². The average molecular weight is 453 g/mol. The predicted molar refractivity (Wildman–Crippen MR) is 120 cm³/mol. The van der Waals surface area contributed by atoms with Crippen molar-refractivity contribution < 1.29 is 23.9 Å². The SMILES string of the molecule is COc1cc(C(=O)c2c(O)[nH]c3cc(Cl)c(-c4ccc(C5CC(OC)C5)cc4)cc23)on1. The van der Waals surface area contributed by atoms with Crippen LogP contribution in [0.2, 0.25) is 5.02 Å². The largest absolute Gasteiger partial charge is 0.494 e. The highest BCUT2D eigenvalue weighted by Crippen LogP contribution is 2.41. The molecule has 4 aromatic rings. The first kappa shape index (κ1) is 20.6. The Morgan fingerprint density at radius 2 is 1.94 bits per heavy atom. The van der Waals surface area contributed by atoms with E-state index in [1.54, 1.807) is 19.2 Å². The quantitative estimate of drug-likeness (QED) is 0.384. The number of halogens is 1. The normalized spacial score (nSPS) is 18.0. The van der Waals surface area contributed by atoms with E-state index in [1.807, 2.05) is 12.1 Å². The van der Waals surface area contributed by atoms with Crippen molar-refractivity contribution in [1.82, 2.24) is 10.1 Å². The zero-order chi connectivity index (χ0) is 22.4. The number of rotatable bonds is 6. The number of nitrogens with zero attached hydrogens (tertiary/aromatic N) is 1. The summed E-state index contributed by atoms with van der Waals surface area (Å²) < 4.78 is 15.4. The summed E-state index contributed by atoms with van der Waals surface area (Å²) >= 11 is 6.55. The molecule has 1 fully saturated rings. The summed E-state index contributed by atoms with van der Waals surface area (Å²) in [6.07, 6.45) is 2.41. The van der Waals surface area contributed by atoms with Gasteiger partial charge in [0.15, 0.2) is 0 Å². The van der Waals surface area contributed by atoms with Gasteiger partial charge in [-0.3, -0.25) is 4.79 Å². The van der Waals surface area contributed by atoms with E-state index in [9.17, 15) is 9.90 Å². The molecule has 2 aromatic heterocycles. The molecule has 8 heteroatoms. The minimum atomic E-state index is -0.508. The fraction of sp³-hybridized carbons (Fsp3) is 0.250. The van der Waals surface area contributed by atoms with Gasteiger partial charge in [-0.2, -0.15) is 0 Å². The number of hydrogen-bond donors (Lipinski definition) is 2. The molecule has 0 unspecified atom stereocenters. The molecule has 0 amide bonds. The summed E-state index contributed by atoms with van der Waals surface area (Å²) in [5, 5.41) is 15.1.